The van der Waals surface area contributed by atoms with Crippen LogP contribution in [0.1, 0.15) is 84.3 Å². The van der Waals surface area contributed by atoms with E-state index in [0.29, 0.717) is 13.0 Å². The number of hydrogen-bond donors (Lipinski definition) is 2. The van der Waals surface area contributed by atoms with Crippen molar-refractivity contribution in [2.24, 2.45) is 17.3 Å². The van der Waals surface area contributed by atoms with Crippen LogP contribution in [-0.2, 0) is 25.7 Å². The molecule has 0 radical (unpaired) electrons. The molecule has 0 spiro atoms. The van der Waals surface area contributed by atoms with Crippen LogP contribution in [0.25, 0.3) is 6.08 Å². The highest BCUT2D eigenvalue weighted by molar-refractivity contribution is 7.09. The molecular formula is C33H45NO7S. The van der Waals surface area contributed by atoms with E-state index in [0.717, 1.165) is 41.3 Å². The van der Waals surface area contributed by atoms with Crippen molar-refractivity contribution in [3.8, 4) is 5.75 Å². The molecule has 7 unspecified atom stereocenters. The van der Waals surface area contributed by atoms with Crippen molar-refractivity contribution in [1.29, 1.82) is 0 Å². The maximum Gasteiger partial charge on any atom is 0.309 e. The molecule has 2 N–H and O–H groups in total. The number of para-hydroxylation sites is 1. The molecular weight excluding hydrogens is 554 g/mol. The summed E-state index contributed by atoms with van der Waals surface area (Å²) in [5.74, 6) is -0.844. The molecule has 0 saturated carbocycles. The Bertz CT molecular complexity index is 1260. The third kappa shape index (κ3) is 7.86. The Morgan fingerprint density at radius 3 is 2.60 bits per heavy atom. The average Bonchev–Trinajstić information content (AvgIpc) is 3.36. The molecule has 0 aliphatic carbocycles. The smallest absolute Gasteiger partial charge is 0.309 e. The summed E-state index contributed by atoms with van der Waals surface area (Å²) in [6.07, 6.45) is 1.71. The number of ether oxygens (including phenoxy) is 3. The van der Waals surface area contributed by atoms with E-state index < -0.39 is 35.6 Å². The number of hydrogen-bond acceptors (Lipinski definition) is 9. The highest BCUT2D eigenvalue weighted by atomic mass is 32.1. The Labute approximate surface area is 253 Å². The van der Waals surface area contributed by atoms with E-state index >= 15 is 0 Å². The van der Waals surface area contributed by atoms with Gasteiger partial charge in [-0.15, -0.1) is 11.3 Å². The standard InChI is InChI=1S/C33H45NO7S/c1-20-11-10-14-33(6)27(41-33)16-25(40-29(36)17-26(35)32(4,5)31(38)22(3)30(20)37)21(2)15-23-19-42-28(34-23)18-39-24-12-8-7-9-13-24/h7-9,12-13,15,19-20,22,25-27,30,35,37H,10-11,14,16-18H2,1-6H3. The second-order valence-corrected chi connectivity index (χ2v) is 13.7. The van der Waals surface area contributed by atoms with Crippen molar-refractivity contribution in [3.05, 3.63) is 52.0 Å². The van der Waals surface area contributed by atoms with Gasteiger partial charge in [0.05, 0.1) is 41.4 Å². The minimum Gasteiger partial charge on any atom is -0.486 e. The minimum absolute atomic E-state index is 0.0843. The van der Waals surface area contributed by atoms with Crippen LogP contribution in [0.3, 0.4) is 0 Å². The summed E-state index contributed by atoms with van der Waals surface area (Å²) in [6, 6.07) is 9.57. The molecule has 42 heavy (non-hydrogen) atoms. The Morgan fingerprint density at radius 1 is 1.17 bits per heavy atom. The first-order chi connectivity index (χ1) is 19.8. The minimum atomic E-state index is -1.26. The molecule has 230 valence electrons. The van der Waals surface area contributed by atoms with E-state index in [1.807, 2.05) is 55.6 Å². The van der Waals surface area contributed by atoms with Crippen LogP contribution in [0.15, 0.2) is 41.3 Å². The lowest BCUT2D eigenvalue weighted by molar-refractivity contribution is -0.154. The normalized spacial score (nSPS) is 33.0. The quantitative estimate of drug-likeness (QED) is 0.330. The van der Waals surface area contributed by atoms with Crippen LogP contribution in [0.4, 0.5) is 0 Å². The zero-order valence-electron chi connectivity index (χ0n) is 25.5. The fourth-order valence-corrected chi connectivity index (χ4v) is 6.40. The van der Waals surface area contributed by atoms with E-state index in [9.17, 15) is 19.8 Å². The van der Waals surface area contributed by atoms with Crippen LogP contribution >= 0.6 is 11.3 Å². The highest BCUT2D eigenvalue weighted by Gasteiger charge is 2.53. The summed E-state index contributed by atoms with van der Waals surface area (Å²) >= 11 is 1.50. The molecule has 3 heterocycles. The third-order valence-electron chi connectivity index (χ3n) is 8.97. The molecule has 2 aliphatic rings. The van der Waals surface area contributed by atoms with Gasteiger partial charge < -0.3 is 24.4 Å². The monoisotopic (exact) mass is 599 g/mol. The maximum atomic E-state index is 13.3. The van der Waals surface area contributed by atoms with Crippen molar-refractivity contribution < 1.29 is 34.0 Å². The van der Waals surface area contributed by atoms with E-state index in [2.05, 4.69) is 11.9 Å². The number of fused-ring (bicyclic) bond motifs is 1. The number of esters is 1. The van der Waals surface area contributed by atoms with Crippen molar-refractivity contribution >= 4 is 29.2 Å². The van der Waals surface area contributed by atoms with Gasteiger partial charge in [0.1, 0.15) is 29.3 Å². The van der Waals surface area contributed by atoms with Crippen LogP contribution in [0, 0.1) is 17.3 Å². The molecule has 2 aliphatic heterocycles. The van der Waals surface area contributed by atoms with Gasteiger partial charge in [0, 0.05) is 17.7 Å². The number of epoxide rings is 1. The van der Waals surface area contributed by atoms with Gasteiger partial charge in [-0.2, -0.15) is 0 Å². The predicted molar refractivity (Wildman–Crippen MR) is 162 cm³/mol. The first kappa shape index (κ1) is 32.3. The van der Waals surface area contributed by atoms with Crippen LogP contribution in [-0.4, -0.2) is 57.0 Å². The van der Waals surface area contributed by atoms with Crippen molar-refractivity contribution in [3.63, 3.8) is 0 Å². The maximum absolute atomic E-state index is 13.3. The molecule has 0 bridgehead atoms. The third-order valence-corrected chi connectivity index (χ3v) is 9.81. The summed E-state index contributed by atoms with van der Waals surface area (Å²) in [6.45, 7) is 11.2. The second-order valence-electron chi connectivity index (χ2n) is 12.7. The topological polar surface area (TPSA) is 118 Å². The number of aromatic nitrogens is 1. The lowest BCUT2D eigenvalue weighted by Crippen LogP contribution is -2.45. The number of benzene rings is 1. The van der Waals surface area contributed by atoms with E-state index in [1.54, 1.807) is 20.8 Å². The number of Topliss-reactive ketones (excluding diaryl/α,β-unsaturated/α-hetero) is 1. The summed E-state index contributed by atoms with van der Waals surface area (Å²) in [4.78, 5) is 31.1. The summed E-state index contributed by atoms with van der Waals surface area (Å²) in [5, 5.41) is 24.7. The number of thiazole rings is 1. The SMILES string of the molecule is CC(=Cc1csc(COc2ccccc2)n1)C1CC2OC2(C)CCCC(C)C(O)C(C)C(=O)C(C)(C)C(O)CC(=O)O1. The van der Waals surface area contributed by atoms with Crippen molar-refractivity contribution in [1.82, 2.24) is 4.98 Å². The number of aliphatic hydroxyl groups is 2. The van der Waals surface area contributed by atoms with Crippen LogP contribution < -0.4 is 4.74 Å². The number of rotatable bonds is 5. The lowest BCUT2D eigenvalue weighted by atomic mass is 9.73. The van der Waals surface area contributed by atoms with E-state index in [1.165, 1.54) is 11.3 Å². The molecule has 4 rings (SSSR count). The first-order valence-electron chi connectivity index (χ1n) is 14.9. The summed E-state index contributed by atoms with van der Waals surface area (Å²) in [7, 11) is 0. The number of aliphatic hydroxyl groups excluding tert-OH is 2. The van der Waals surface area contributed by atoms with Gasteiger partial charge in [-0.3, -0.25) is 9.59 Å². The van der Waals surface area contributed by atoms with Crippen molar-refractivity contribution in [2.45, 2.75) is 110 Å². The van der Waals surface area contributed by atoms with Gasteiger partial charge in [-0.1, -0.05) is 52.3 Å². The van der Waals surface area contributed by atoms with Gasteiger partial charge in [-0.05, 0) is 56.4 Å². The molecule has 0 amide bonds. The fourth-order valence-electron chi connectivity index (χ4n) is 5.74. The summed E-state index contributed by atoms with van der Waals surface area (Å²) < 4.78 is 17.9. The van der Waals surface area contributed by atoms with Crippen LogP contribution in [0.5, 0.6) is 5.75 Å². The molecule has 2 fully saturated rings. The summed E-state index contributed by atoms with van der Waals surface area (Å²) in [5.41, 5.74) is 0.00431. The largest absolute Gasteiger partial charge is 0.486 e. The number of nitrogens with zero attached hydrogens (tertiary/aromatic N) is 1. The zero-order valence-corrected chi connectivity index (χ0v) is 26.4. The number of carbonyl (C=O) groups is 2. The average molecular weight is 600 g/mol. The molecule has 2 aromatic rings. The number of carbonyl (C=O) groups excluding carboxylic acids is 2. The zero-order chi connectivity index (χ0) is 30.7. The van der Waals surface area contributed by atoms with Gasteiger partial charge in [-0.25, -0.2) is 4.98 Å². The number of cyclic esters (lactones) is 1. The Balaban J connectivity index is 1.51. The molecule has 1 aromatic heterocycles. The van der Waals surface area contributed by atoms with Crippen molar-refractivity contribution in [2.75, 3.05) is 0 Å². The van der Waals surface area contributed by atoms with Gasteiger partial charge in [0.25, 0.3) is 0 Å². The van der Waals surface area contributed by atoms with E-state index in [-0.39, 0.29) is 29.8 Å². The fraction of sp³-hybridized carbons (Fsp3) is 0.606. The second kappa shape index (κ2) is 13.4. The predicted octanol–water partition coefficient (Wildman–Crippen LogP) is 5.75. The highest BCUT2D eigenvalue weighted by Crippen LogP contribution is 2.45. The van der Waals surface area contributed by atoms with Crippen LogP contribution in [0.2, 0.25) is 0 Å². The lowest BCUT2D eigenvalue weighted by Gasteiger charge is -2.34. The Morgan fingerprint density at radius 2 is 1.88 bits per heavy atom. The number of ketones is 1. The molecule has 2 saturated heterocycles. The van der Waals surface area contributed by atoms with Gasteiger partial charge >= 0.3 is 5.97 Å². The van der Waals surface area contributed by atoms with Gasteiger partial charge in [0.15, 0.2) is 0 Å². The van der Waals surface area contributed by atoms with E-state index in [4.69, 9.17) is 14.2 Å². The Kier molecular flexibility index (Phi) is 10.3. The first-order valence-corrected chi connectivity index (χ1v) is 15.8. The molecule has 9 heteroatoms. The molecule has 8 nitrogen and oxygen atoms in total. The molecule has 1 aromatic carbocycles. The van der Waals surface area contributed by atoms with Gasteiger partial charge in [0.2, 0.25) is 0 Å². The Hall–Kier alpha value is -2.59. The molecule has 7 atom stereocenters.